The number of benzene rings is 1. The first-order valence-corrected chi connectivity index (χ1v) is 6.67. The number of hydrogen-bond acceptors (Lipinski definition) is 1. The van der Waals surface area contributed by atoms with Gasteiger partial charge in [0.2, 0.25) is 0 Å². The van der Waals surface area contributed by atoms with Gasteiger partial charge in [-0.1, -0.05) is 44.2 Å². The van der Waals surface area contributed by atoms with Gasteiger partial charge in [-0.15, -0.1) is 0 Å². The van der Waals surface area contributed by atoms with Gasteiger partial charge in [-0.25, -0.2) is 0 Å². The van der Waals surface area contributed by atoms with Gasteiger partial charge in [0.1, 0.15) is 0 Å². The lowest BCUT2D eigenvalue weighted by molar-refractivity contribution is -0.137. The van der Waals surface area contributed by atoms with Crippen LogP contribution in [0.3, 0.4) is 0 Å². The van der Waals surface area contributed by atoms with E-state index in [-0.39, 0.29) is 5.78 Å². The Balaban J connectivity index is 1.99. The lowest BCUT2D eigenvalue weighted by Crippen LogP contribution is -2.12. The summed E-state index contributed by atoms with van der Waals surface area (Å²) in [6, 6.07) is 4.53. The molecule has 1 nitrogen and oxygen atoms in total. The van der Waals surface area contributed by atoms with Gasteiger partial charge in [0.25, 0.3) is 0 Å². The highest BCUT2D eigenvalue weighted by molar-refractivity contribution is 5.96. The summed E-state index contributed by atoms with van der Waals surface area (Å²) in [5.74, 6) is 0.365. The van der Waals surface area contributed by atoms with E-state index in [0.29, 0.717) is 17.9 Å². The first-order valence-electron chi connectivity index (χ1n) is 6.67. The highest BCUT2D eigenvalue weighted by atomic mass is 19.4. The van der Waals surface area contributed by atoms with Crippen molar-refractivity contribution < 1.29 is 18.0 Å². The first-order chi connectivity index (χ1) is 8.97. The first kappa shape index (κ1) is 14.1. The molecular weight excluding hydrogens is 253 g/mol. The lowest BCUT2D eigenvalue weighted by Gasteiger charge is -2.20. The van der Waals surface area contributed by atoms with Crippen molar-refractivity contribution in [3.8, 4) is 0 Å². The summed E-state index contributed by atoms with van der Waals surface area (Å²) >= 11 is 0. The van der Waals surface area contributed by atoms with Gasteiger partial charge in [-0.2, -0.15) is 13.2 Å². The van der Waals surface area contributed by atoms with Crippen LogP contribution in [0.25, 0.3) is 0 Å². The van der Waals surface area contributed by atoms with E-state index >= 15 is 0 Å². The molecule has 19 heavy (non-hydrogen) atoms. The van der Waals surface area contributed by atoms with Crippen molar-refractivity contribution in [1.29, 1.82) is 0 Å². The molecule has 0 N–H and O–H groups in total. The normalized spacial score (nSPS) is 17.4. The Morgan fingerprint density at radius 1 is 1.05 bits per heavy atom. The van der Waals surface area contributed by atoms with E-state index in [1.807, 2.05) is 0 Å². The van der Waals surface area contributed by atoms with E-state index in [2.05, 4.69) is 0 Å². The van der Waals surface area contributed by atoms with Crippen molar-refractivity contribution in [2.75, 3.05) is 0 Å². The van der Waals surface area contributed by atoms with Crippen LogP contribution in [0.1, 0.15) is 54.4 Å². The van der Waals surface area contributed by atoms with E-state index in [0.717, 1.165) is 37.8 Å². The quantitative estimate of drug-likeness (QED) is 0.717. The Labute approximate surface area is 110 Å². The van der Waals surface area contributed by atoms with Crippen LogP contribution in [0.15, 0.2) is 24.3 Å². The van der Waals surface area contributed by atoms with Crippen LogP contribution in [-0.2, 0) is 6.18 Å². The molecule has 104 valence electrons. The zero-order valence-corrected chi connectivity index (χ0v) is 10.7. The van der Waals surface area contributed by atoms with Crippen molar-refractivity contribution >= 4 is 5.78 Å². The molecule has 1 aromatic rings. The third-order valence-corrected chi connectivity index (χ3v) is 3.73. The minimum Gasteiger partial charge on any atom is -0.294 e. The molecule has 1 saturated carbocycles. The summed E-state index contributed by atoms with van der Waals surface area (Å²) in [4.78, 5) is 12.0. The minimum atomic E-state index is -4.34. The number of alkyl halides is 3. The largest absolute Gasteiger partial charge is 0.416 e. The highest BCUT2D eigenvalue weighted by Crippen LogP contribution is 2.30. The predicted octanol–water partition coefficient (Wildman–Crippen LogP) is 4.86. The fraction of sp³-hybridized carbons (Fsp3) is 0.533. The van der Waals surface area contributed by atoms with Crippen LogP contribution in [0, 0.1) is 5.92 Å². The fourth-order valence-electron chi connectivity index (χ4n) is 2.62. The van der Waals surface area contributed by atoms with E-state index in [1.54, 1.807) is 0 Å². The molecule has 0 atom stereocenters. The van der Waals surface area contributed by atoms with Gasteiger partial charge in [-0.05, 0) is 18.1 Å². The lowest BCUT2D eigenvalue weighted by atomic mass is 9.85. The molecule has 1 aliphatic carbocycles. The SMILES string of the molecule is O=C(CC1CCCCC1)c1ccc(C(F)(F)F)cc1. The molecular formula is C15H17F3O. The maximum Gasteiger partial charge on any atom is 0.416 e. The third kappa shape index (κ3) is 3.82. The van der Waals surface area contributed by atoms with Gasteiger partial charge >= 0.3 is 6.18 Å². The molecule has 1 aromatic carbocycles. The average Bonchev–Trinajstić information content (AvgIpc) is 2.39. The molecule has 2 rings (SSSR count). The number of rotatable bonds is 3. The molecule has 4 heteroatoms. The van der Waals surface area contributed by atoms with Crippen LogP contribution >= 0.6 is 0 Å². The molecule has 0 spiro atoms. The number of Topliss-reactive ketones (excluding diaryl/α,β-unsaturated/α-hetero) is 1. The predicted molar refractivity (Wildman–Crippen MR) is 67.0 cm³/mol. The van der Waals surface area contributed by atoms with Gasteiger partial charge in [0.15, 0.2) is 5.78 Å². The summed E-state index contributed by atoms with van der Waals surface area (Å²) in [7, 11) is 0. The second-order valence-corrected chi connectivity index (χ2v) is 5.21. The number of ketones is 1. The summed E-state index contributed by atoms with van der Waals surface area (Å²) in [6.07, 6.45) is 1.79. The van der Waals surface area contributed by atoms with Crippen LogP contribution in [-0.4, -0.2) is 5.78 Å². The minimum absolute atomic E-state index is 0.0411. The topological polar surface area (TPSA) is 17.1 Å². The molecule has 1 fully saturated rings. The van der Waals surface area contributed by atoms with Gasteiger partial charge < -0.3 is 0 Å². The molecule has 1 aliphatic rings. The Kier molecular flexibility index (Phi) is 4.27. The number of carbonyl (C=O) groups excluding carboxylic acids is 1. The summed E-state index contributed by atoms with van der Waals surface area (Å²) < 4.78 is 37.2. The van der Waals surface area contributed by atoms with Crippen molar-refractivity contribution in [3.63, 3.8) is 0 Å². The van der Waals surface area contributed by atoms with Crippen molar-refractivity contribution in [2.24, 2.45) is 5.92 Å². The molecule has 0 radical (unpaired) electrons. The second-order valence-electron chi connectivity index (χ2n) is 5.21. The number of hydrogen-bond donors (Lipinski definition) is 0. The maximum absolute atomic E-state index is 12.4. The zero-order chi connectivity index (χ0) is 13.9. The average molecular weight is 270 g/mol. The van der Waals surface area contributed by atoms with E-state index in [9.17, 15) is 18.0 Å². The highest BCUT2D eigenvalue weighted by Gasteiger charge is 2.30. The van der Waals surface area contributed by atoms with Crippen LogP contribution in [0.2, 0.25) is 0 Å². The standard InChI is InChI=1S/C15H17F3O/c16-15(17,18)13-8-6-12(7-9-13)14(19)10-11-4-2-1-3-5-11/h6-9,11H,1-5,10H2. The number of halogens is 3. The Morgan fingerprint density at radius 3 is 2.16 bits per heavy atom. The van der Waals surface area contributed by atoms with Crippen LogP contribution in [0.5, 0.6) is 0 Å². The molecule has 0 aliphatic heterocycles. The van der Waals surface area contributed by atoms with Crippen LogP contribution < -0.4 is 0 Å². The zero-order valence-electron chi connectivity index (χ0n) is 10.7. The van der Waals surface area contributed by atoms with E-state index in [4.69, 9.17) is 0 Å². The third-order valence-electron chi connectivity index (χ3n) is 3.73. The smallest absolute Gasteiger partial charge is 0.294 e. The van der Waals surface area contributed by atoms with E-state index < -0.39 is 11.7 Å². The van der Waals surface area contributed by atoms with Gasteiger partial charge in [-0.3, -0.25) is 4.79 Å². The molecule has 0 saturated heterocycles. The summed E-state index contributed by atoms with van der Waals surface area (Å²) in [5, 5.41) is 0. The summed E-state index contributed by atoms with van der Waals surface area (Å²) in [5.41, 5.74) is -0.319. The molecule has 0 heterocycles. The summed E-state index contributed by atoms with van der Waals surface area (Å²) in [6.45, 7) is 0. The Morgan fingerprint density at radius 2 is 1.63 bits per heavy atom. The van der Waals surface area contributed by atoms with Crippen molar-refractivity contribution in [3.05, 3.63) is 35.4 Å². The fourth-order valence-corrected chi connectivity index (χ4v) is 2.62. The second kappa shape index (κ2) is 5.76. The van der Waals surface area contributed by atoms with Crippen LogP contribution in [0.4, 0.5) is 13.2 Å². The Bertz CT molecular complexity index is 428. The van der Waals surface area contributed by atoms with Gasteiger partial charge in [0, 0.05) is 12.0 Å². The molecule has 0 aromatic heterocycles. The van der Waals surface area contributed by atoms with Crippen molar-refractivity contribution in [1.82, 2.24) is 0 Å². The maximum atomic E-state index is 12.4. The number of carbonyl (C=O) groups is 1. The van der Waals surface area contributed by atoms with Crippen molar-refractivity contribution in [2.45, 2.75) is 44.7 Å². The van der Waals surface area contributed by atoms with E-state index in [1.165, 1.54) is 18.6 Å². The molecule has 0 bridgehead atoms. The Hall–Kier alpha value is -1.32. The molecule has 0 unspecified atom stereocenters. The monoisotopic (exact) mass is 270 g/mol. The molecule has 0 amide bonds. The van der Waals surface area contributed by atoms with Gasteiger partial charge in [0.05, 0.1) is 5.56 Å².